The first kappa shape index (κ1) is 14.6. The SMILES string of the molecule is OC1CC[CH]CC1C(O)(C(F)(F)F)C(F)(F)F. The van der Waals surface area contributed by atoms with E-state index in [0.29, 0.717) is 0 Å². The van der Waals surface area contributed by atoms with Crippen LogP contribution in [0.15, 0.2) is 0 Å². The van der Waals surface area contributed by atoms with Gasteiger partial charge in [0.05, 0.1) is 6.10 Å². The maximum absolute atomic E-state index is 12.5. The summed E-state index contributed by atoms with van der Waals surface area (Å²) in [7, 11) is 0. The molecule has 2 atom stereocenters. The van der Waals surface area contributed by atoms with E-state index in [1.54, 1.807) is 0 Å². The second-order valence-electron chi connectivity index (χ2n) is 4.04. The Morgan fingerprint density at radius 1 is 1.00 bits per heavy atom. The number of alkyl halides is 6. The Hall–Kier alpha value is -0.500. The number of halogens is 6. The lowest BCUT2D eigenvalue weighted by Gasteiger charge is -2.42. The lowest BCUT2D eigenvalue weighted by Crippen LogP contribution is -2.64. The molecule has 1 fully saturated rings. The van der Waals surface area contributed by atoms with Gasteiger partial charge in [-0.05, 0) is 25.7 Å². The van der Waals surface area contributed by atoms with Gasteiger partial charge in [-0.25, -0.2) is 0 Å². The normalized spacial score (nSPS) is 28.2. The third kappa shape index (κ3) is 2.37. The van der Waals surface area contributed by atoms with Crippen LogP contribution in [0.2, 0.25) is 0 Å². The molecule has 17 heavy (non-hydrogen) atoms. The highest BCUT2D eigenvalue weighted by Gasteiger charge is 2.74. The van der Waals surface area contributed by atoms with Crippen molar-refractivity contribution in [2.24, 2.45) is 5.92 Å². The predicted molar refractivity (Wildman–Crippen MR) is 44.7 cm³/mol. The number of aliphatic hydroxyl groups is 2. The molecule has 0 aliphatic heterocycles. The zero-order valence-electron chi connectivity index (χ0n) is 8.52. The van der Waals surface area contributed by atoms with Gasteiger partial charge in [0.2, 0.25) is 0 Å². The smallest absolute Gasteiger partial charge is 0.393 e. The molecule has 0 heterocycles. The maximum atomic E-state index is 12.5. The van der Waals surface area contributed by atoms with Crippen molar-refractivity contribution in [3.63, 3.8) is 0 Å². The molecule has 0 amide bonds. The summed E-state index contributed by atoms with van der Waals surface area (Å²) in [5.41, 5.74) is -4.86. The molecule has 1 rings (SSSR count). The molecule has 2 unspecified atom stereocenters. The fourth-order valence-electron chi connectivity index (χ4n) is 1.97. The van der Waals surface area contributed by atoms with E-state index in [-0.39, 0.29) is 12.8 Å². The highest BCUT2D eigenvalue weighted by Crippen LogP contribution is 2.51. The molecule has 0 aromatic heterocycles. The van der Waals surface area contributed by atoms with Gasteiger partial charge < -0.3 is 10.2 Å². The fraction of sp³-hybridized carbons (Fsp3) is 0.889. The van der Waals surface area contributed by atoms with Crippen LogP contribution in [0, 0.1) is 12.3 Å². The highest BCUT2D eigenvalue weighted by molar-refractivity contribution is 5.04. The van der Waals surface area contributed by atoms with Crippen LogP contribution in [0.3, 0.4) is 0 Å². The van der Waals surface area contributed by atoms with E-state index in [0.717, 1.165) is 0 Å². The standard InChI is InChI=1S/C9H11F6O2/c10-8(11,12)7(17,9(13,14)15)5-3-1-2-4-6(5)16/h1,5-6,16-17H,2-4H2. The summed E-state index contributed by atoms with van der Waals surface area (Å²) in [6.07, 6.45) is -13.0. The van der Waals surface area contributed by atoms with Gasteiger partial charge in [-0.2, -0.15) is 26.3 Å². The Morgan fingerprint density at radius 3 is 1.82 bits per heavy atom. The van der Waals surface area contributed by atoms with Crippen molar-refractivity contribution >= 4 is 0 Å². The molecular weight excluding hydrogens is 254 g/mol. The minimum atomic E-state index is -5.87. The Labute approximate surface area is 93.2 Å². The van der Waals surface area contributed by atoms with Gasteiger partial charge in [0.1, 0.15) is 0 Å². The summed E-state index contributed by atoms with van der Waals surface area (Å²) in [6.45, 7) is 0. The average Bonchev–Trinajstić information content (AvgIpc) is 2.13. The first-order chi connectivity index (χ1) is 7.52. The summed E-state index contributed by atoms with van der Waals surface area (Å²) in [5, 5.41) is 18.3. The number of aliphatic hydroxyl groups excluding tert-OH is 1. The summed E-state index contributed by atoms with van der Waals surface area (Å²) in [4.78, 5) is 0. The van der Waals surface area contributed by atoms with Gasteiger partial charge in [-0.15, -0.1) is 0 Å². The second-order valence-corrected chi connectivity index (χ2v) is 4.04. The van der Waals surface area contributed by atoms with Gasteiger partial charge in [0.15, 0.2) is 0 Å². The van der Waals surface area contributed by atoms with Crippen molar-refractivity contribution in [3.8, 4) is 0 Å². The van der Waals surface area contributed by atoms with Crippen LogP contribution >= 0.6 is 0 Å². The zero-order valence-corrected chi connectivity index (χ0v) is 8.52. The maximum Gasteiger partial charge on any atom is 0.426 e. The van der Waals surface area contributed by atoms with Crippen LogP contribution < -0.4 is 0 Å². The molecule has 1 saturated carbocycles. The summed E-state index contributed by atoms with van der Waals surface area (Å²) < 4.78 is 74.8. The monoisotopic (exact) mass is 265 g/mol. The third-order valence-corrected chi connectivity index (χ3v) is 2.95. The molecule has 8 heteroatoms. The lowest BCUT2D eigenvalue weighted by molar-refractivity contribution is -0.392. The summed E-state index contributed by atoms with van der Waals surface area (Å²) >= 11 is 0. The molecule has 101 valence electrons. The molecule has 1 aliphatic carbocycles. The first-order valence-corrected chi connectivity index (χ1v) is 4.87. The number of hydrogen-bond acceptors (Lipinski definition) is 2. The molecule has 0 spiro atoms. The van der Waals surface area contributed by atoms with Crippen LogP contribution in [0.5, 0.6) is 0 Å². The molecule has 0 aromatic rings. The van der Waals surface area contributed by atoms with Gasteiger partial charge in [0.25, 0.3) is 5.60 Å². The fourth-order valence-corrected chi connectivity index (χ4v) is 1.97. The predicted octanol–water partition coefficient (Wildman–Crippen LogP) is 2.21. The Kier molecular flexibility index (Phi) is 3.69. The summed E-state index contributed by atoms with van der Waals surface area (Å²) in [6, 6.07) is 0. The van der Waals surface area contributed by atoms with E-state index >= 15 is 0 Å². The topological polar surface area (TPSA) is 40.5 Å². The van der Waals surface area contributed by atoms with Crippen LogP contribution in [0.1, 0.15) is 19.3 Å². The van der Waals surface area contributed by atoms with Crippen molar-refractivity contribution in [2.75, 3.05) is 0 Å². The van der Waals surface area contributed by atoms with E-state index in [2.05, 4.69) is 0 Å². The lowest BCUT2D eigenvalue weighted by atomic mass is 9.74. The molecular formula is C9H11F6O2. The molecule has 1 radical (unpaired) electrons. The van der Waals surface area contributed by atoms with Crippen molar-refractivity contribution in [1.29, 1.82) is 0 Å². The zero-order chi connectivity index (χ0) is 13.5. The van der Waals surface area contributed by atoms with E-state index in [1.165, 1.54) is 6.42 Å². The minimum absolute atomic E-state index is 0.223. The van der Waals surface area contributed by atoms with Gasteiger partial charge in [-0.1, -0.05) is 0 Å². The van der Waals surface area contributed by atoms with Crippen LogP contribution in [0.4, 0.5) is 26.3 Å². The molecule has 2 N–H and O–H groups in total. The van der Waals surface area contributed by atoms with E-state index in [9.17, 15) is 31.4 Å². The average molecular weight is 265 g/mol. The van der Waals surface area contributed by atoms with Gasteiger partial charge in [-0.3, -0.25) is 0 Å². The van der Waals surface area contributed by atoms with Crippen molar-refractivity contribution < 1.29 is 36.6 Å². The Balaban J connectivity index is 3.15. The number of rotatable bonds is 1. The van der Waals surface area contributed by atoms with E-state index in [4.69, 9.17) is 5.11 Å². The van der Waals surface area contributed by atoms with E-state index in [1.807, 2.05) is 0 Å². The van der Waals surface area contributed by atoms with Crippen molar-refractivity contribution in [3.05, 3.63) is 6.42 Å². The quantitative estimate of drug-likeness (QED) is 0.714. The summed E-state index contributed by atoms with van der Waals surface area (Å²) in [5.74, 6) is -2.31. The Bertz CT molecular complexity index is 258. The number of hydrogen-bond donors (Lipinski definition) is 2. The second kappa shape index (κ2) is 4.31. The van der Waals surface area contributed by atoms with E-state index < -0.39 is 36.4 Å². The minimum Gasteiger partial charge on any atom is -0.393 e. The molecule has 1 aliphatic rings. The van der Waals surface area contributed by atoms with Crippen LogP contribution in [-0.4, -0.2) is 34.3 Å². The molecule has 2 nitrogen and oxygen atoms in total. The van der Waals surface area contributed by atoms with Crippen molar-refractivity contribution in [1.82, 2.24) is 0 Å². The van der Waals surface area contributed by atoms with Gasteiger partial charge >= 0.3 is 12.4 Å². The first-order valence-electron chi connectivity index (χ1n) is 4.87. The van der Waals surface area contributed by atoms with Gasteiger partial charge in [0, 0.05) is 5.92 Å². The Morgan fingerprint density at radius 2 is 1.47 bits per heavy atom. The van der Waals surface area contributed by atoms with Crippen LogP contribution in [-0.2, 0) is 0 Å². The van der Waals surface area contributed by atoms with Crippen LogP contribution in [0.25, 0.3) is 0 Å². The molecule has 0 saturated heterocycles. The highest BCUT2D eigenvalue weighted by atomic mass is 19.4. The van der Waals surface area contributed by atoms with Crippen molar-refractivity contribution in [2.45, 2.75) is 43.3 Å². The third-order valence-electron chi connectivity index (χ3n) is 2.95. The molecule has 0 aromatic carbocycles. The largest absolute Gasteiger partial charge is 0.426 e. The molecule has 0 bridgehead atoms.